The minimum absolute atomic E-state index is 0.0241. The second-order valence-corrected chi connectivity index (χ2v) is 8.82. The molecule has 1 aliphatic heterocycles. The van der Waals surface area contributed by atoms with E-state index in [4.69, 9.17) is 4.99 Å². The van der Waals surface area contributed by atoms with E-state index in [0.29, 0.717) is 6.54 Å². The Balaban J connectivity index is 1.72. The third kappa shape index (κ3) is 3.86. The van der Waals surface area contributed by atoms with E-state index >= 15 is 0 Å². The molecule has 2 aliphatic carbocycles. The molecule has 4 nitrogen and oxygen atoms in total. The highest BCUT2D eigenvalue weighted by atomic mass is 16.4. The number of allylic oxidation sites excluding steroid dienone is 6. The monoisotopic (exact) mass is 436 g/mol. The molecular formula is C29H28N2O2. The van der Waals surface area contributed by atoms with Crippen molar-refractivity contribution in [1.82, 2.24) is 4.90 Å². The molecule has 3 unspecified atom stereocenters. The van der Waals surface area contributed by atoms with E-state index in [-0.39, 0.29) is 12.0 Å². The maximum Gasteiger partial charge on any atom is 0.338 e. The minimum atomic E-state index is -1.39. The van der Waals surface area contributed by atoms with E-state index in [0.717, 1.165) is 36.2 Å². The van der Waals surface area contributed by atoms with Gasteiger partial charge in [-0.2, -0.15) is 0 Å². The quantitative estimate of drug-likeness (QED) is 0.650. The number of carboxylic acids is 1. The molecule has 1 N–H and O–H groups in total. The Morgan fingerprint density at radius 3 is 2.39 bits per heavy atom. The highest BCUT2D eigenvalue weighted by molar-refractivity contribution is 6.04. The van der Waals surface area contributed by atoms with Crippen LogP contribution in [-0.4, -0.2) is 34.4 Å². The van der Waals surface area contributed by atoms with Crippen LogP contribution in [0.4, 0.5) is 0 Å². The van der Waals surface area contributed by atoms with Crippen LogP contribution in [-0.2, 0) is 10.3 Å². The molecule has 0 radical (unpaired) electrons. The Morgan fingerprint density at radius 2 is 1.76 bits per heavy atom. The van der Waals surface area contributed by atoms with Gasteiger partial charge in [0.15, 0.2) is 0 Å². The lowest BCUT2D eigenvalue weighted by atomic mass is 9.75. The molecule has 0 fully saturated rings. The maximum atomic E-state index is 13.2. The van der Waals surface area contributed by atoms with Crippen molar-refractivity contribution < 1.29 is 9.90 Å². The highest BCUT2D eigenvalue weighted by Crippen LogP contribution is 2.45. The largest absolute Gasteiger partial charge is 0.479 e. The lowest BCUT2D eigenvalue weighted by Gasteiger charge is -2.40. The summed E-state index contributed by atoms with van der Waals surface area (Å²) in [7, 11) is 0. The van der Waals surface area contributed by atoms with Gasteiger partial charge < -0.3 is 10.0 Å². The number of carboxylic acid groups (broad SMARTS) is 1. The van der Waals surface area contributed by atoms with Crippen molar-refractivity contribution in [2.45, 2.75) is 30.8 Å². The van der Waals surface area contributed by atoms with E-state index in [2.05, 4.69) is 35.3 Å². The third-order valence-electron chi connectivity index (χ3n) is 6.78. The molecule has 2 aromatic rings. The highest BCUT2D eigenvalue weighted by Gasteiger charge is 2.57. The number of benzene rings is 2. The van der Waals surface area contributed by atoms with Gasteiger partial charge in [-0.3, -0.25) is 0 Å². The molecule has 0 saturated heterocycles. The van der Waals surface area contributed by atoms with Crippen LogP contribution in [0, 0.1) is 5.92 Å². The fourth-order valence-corrected chi connectivity index (χ4v) is 5.25. The van der Waals surface area contributed by atoms with Gasteiger partial charge in [0, 0.05) is 18.0 Å². The van der Waals surface area contributed by atoms with Crippen LogP contribution in [0.25, 0.3) is 0 Å². The maximum absolute atomic E-state index is 13.2. The first-order valence-corrected chi connectivity index (χ1v) is 11.6. The van der Waals surface area contributed by atoms with Gasteiger partial charge in [-0.1, -0.05) is 109 Å². The average molecular weight is 437 g/mol. The zero-order valence-electron chi connectivity index (χ0n) is 18.5. The van der Waals surface area contributed by atoms with Gasteiger partial charge in [0.2, 0.25) is 5.54 Å². The molecule has 0 aromatic heterocycles. The van der Waals surface area contributed by atoms with Crippen molar-refractivity contribution in [2.24, 2.45) is 10.9 Å². The van der Waals surface area contributed by atoms with Gasteiger partial charge in [0.1, 0.15) is 5.84 Å². The molecule has 1 heterocycles. The summed E-state index contributed by atoms with van der Waals surface area (Å²) >= 11 is 0. The second-order valence-electron chi connectivity index (χ2n) is 8.82. The van der Waals surface area contributed by atoms with Crippen LogP contribution in [0.1, 0.15) is 30.4 Å². The van der Waals surface area contributed by atoms with E-state index in [9.17, 15) is 9.90 Å². The Labute approximate surface area is 195 Å². The van der Waals surface area contributed by atoms with Gasteiger partial charge >= 0.3 is 5.97 Å². The lowest BCUT2D eigenvalue weighted by molar-refractivity contribution is -0.145. The van der Waals surface area contributed by atoms with Gasteiger partial charge in [-0.25, -0.2) is 9.79 Å². The molecule has 0 saturated carbocycles. The van der Waals surface area contributed by atoms with Crippen LogP contribution in [0.5, 0.6) is 0 Å². The molecular weight excluding hydrogens is 408 g/mol. The summed E-state index contributed by atoms with van der Waals surface area (Å²) in [4.78, 5) is 20.6. The number of rotatable bonds is 6. The standard InChI is InChI=1S/C29H28N2O2/c32-28(33)29(25-19-11-4-12-20-25)26(23-15-7-2-8-16-23)31(21-22-13-5-1-6-14-22)27(30-29)24-17-9-3-10-18-24/h1-5,7-13,15,17-20,23,26H,6,14,16,21H2,(H,32,33). The van der Waals surface area contributed by atoms with Crippen molar-refractivity contribution in [3.05, 3.63) is 120 Å². The topological polar surface area (TPSA) is 52.9 Å². The summed E-state index contributed by atoms with van der Waals surface area (Å²) < 4.78 is 0. The first-order chi connectivity index (χ1) is 16.2. The zero-order valence-corrected chi connectivity index (χ0v) is 18.5. The lowest BCUT2D eigenvalue weighted by Crippen LogP contribution is -2.54. The fourth-order valence-electron chi connectivity index (χ4n) is 5.25. The number of amidine groups is 1. The number of aliphatic carboxylic acids is 1. The number of hydrogen-bond donors (Lipinski definition) is 1. The summed E-state index contributed by atoms with van der Waals surface area (Å²) in [5.74, 6) is -0.128. The molecule has 0 spiro atoms. The molecule has 0 bridgehead atoms. The van der Waals surface area contributed by atoms with Crippen LogP contribution in [0.3, 0.4) is 0 Å². The van der Waals surface area contributed by atoms with Crippen LogP contribution in [0.15, 0.2) is 114 Å². The minimum Gasteiger partial charge on any atom is -0.479 e. The van der Waals surface area contributed by atoms with E-state index in [1.807, 2.05) is 72.8 Å². The van der Waals surface area contributed by atoms with Crippen LogP contribution in [0.2, 0.25) is 0 Å². The molecule has 3 aliphatic rings. The molecule has 0 amide bonds. The number of carbonyl (C=O) groups is 1. The Morgan fingerprint density at radius 1 is 1.00 bits per heavy atom. The molecule has 3 atom stereocenters. The molecule has 4 heteroatoms. The first kappa shape index (κ1) is 21.2. The van der Waals surface area contributed by atoms with Crippen molar-refractivity contribution in [3.63, 3.8) is 0 Å². The molecule has 2 aromatic carbocycles. The van der Waals surface area contributed by atoms with Gasteiger partial charge in [0.05, 0.1) is 6.04 Å². The molecule has 5 rings (SSSR count). The van der Waals surface area contributed by atoms with Crippen LogP contribution >= 0.6 is 0 Å². The van der Waals surface area contributed by atoms with Gasteiger partial charge in [-0.15, -0.1) is 0 Å². The smallest absolute Gasteiger partial charge is 0.338 e. The van der Waals surface area contributed by atoms with Crippen molar-refractivity contribution in [3.8, 4) is 0 Å². The van der Waals surface area contributed by atoms with Crippen molar-refractivity contribution in [2.75, 3.05) is 6.54 Å². The Hall–Kier alpha value is -3.66. The van der Waals surface area contributed by atoms with Gasteiger partial charge in [0.25, 0.3) is 0 Å². The molecule has 166 valence electrons. The summed E-state index contributed by atoms with van der Waals surface area (Å²) in [5, 5.41) is 10.8. The summed E-state index contributed by atoms with van der Waals surface area (Å²) in [6.07, 6.45) is 17.6. The summed E-state index contributed by atoms with van der Waals surface area (Å²) in [6, 6.07) is 19.2. The van der Waals surface area contributed by atoms with Crippen LogP contribution < -0.4 is 0 Å². The Bertz CT molecular complexity index is 1160. The van der Waals surface area contributed by atoms with E-state index in [1.165, 1.54) is 5.57 Å². The predicted molar refractivity (Wildman–Crippen MR) is 132 cm³/mol. The zero-order chi connectivity index (χ0) is 22.7. The average Bonchev–Trinajstić information content (AvgIpc) is 3.22. The second kappa shape index (κ2) is 9.07. The number of nitrogens with zero attached hydrogens (tertiary/aromatic N) is 2. The SMILES string of the molecule is O=C(O)C1(c2ccccc2)N=C(c2ccccc2)N(CC2=CC=CCC2)C1C1C=CC=CC1. The number of aliphatic imine (C=N–C) groups is 1. The third-order valence-corrected chi connectivity index (χ3v) is 6.78. The number of hydrogen-bond acceptors (Lipinski definition) is 3. The van der Waals surface area contributed by atoms with Gasteiger partial charge in [-0.05, 0) is 24.8 Å². The summed E-state index contributed by atoms with van der Waals surface area (Å²) in [5.41, 5.74) is 1.58. The summed E-state index contributed by atoms with van der Waals surface area (Å²) in [6.45, 7) is 0.665. The molecule has 33 heavy (non-hydrogen) atoms. The Kier molecular flexibility index (Phi) is 5.82. The predicted octanol–water partition coefficient (Wildman–Crippen LogP) is 5.51. The first-order valence-electron chi connectivity index (χ1n) is 11.6. The van der Waals surface area contributed by atoms with Crippen molar-refractivity contribution in [1.29, 1.82) is 0 Å². The normalized spacial score (nSPS) is 26.2. The van der Waals surface area contributed by atoms with E-state index < -0.39 is 11.5 Å². The van der Waals surface area contributed by atoms with E-state index in [1.54, 1.807) is 0 Å². The van der Waals surface area contributed by atoms with Crippen molar-refractivity contribution >= 4 is 11.8 Å². The fraction of sp³-hybridized carbons (Fsp3) is 0.241.